The first-order chi connectivity index (χ1) is 7.63. The van der Waals surface area contributed by atoms with E-state index in [1.54, 1.807) is 10.6 Å². The van der Waals surface area contributed by atoms with Crippen molar-refractivity contribution in [3.63, 3.8) is 0 Å². The van der Waals surface area contributed by atoms with Gasteiger partial charge < -0.3 is 9.67 Å². The second kappa shape index (κ2) is 4.39. The van der Waals surface area contributed by atoms with E-state index in [-0.39, 0.29) is 12.2 Å². The summed E-state index contributed by atoms with van der Waals surface area (Å²) >= 11 is 3.38. The first-order valence-corrected chi connectivity index (χ1v) is 5.83. The monoisotopic (exact) mass is 281 g/mol. The molecule has 4 heteroatoms. The van der Waals surface area contributed by atoms with Crippen LogP contribution in [0.25, 0.3) is 10.8 Å². The van der Waals surface area contributed by atoms with E-state index in [1.165, 1.54) is 0 Å². The van der Waals surface area contributed by atoms with E-state index in [4.69, 9.17) is 5.11 Å². The highest BCUT2D eigenvalue weighted by atomic mass is 79.9. The number of benzene rings is 1. The Bertz CT molecular complexity index is 589. The Morgan fingerprint density at radius 2 is 2.12 bits per heavy atom. The van der Waals surface area contributed by atoms with Gasteiger partial charge in [0.2, 0.25) is 0 Å². The fourth-order valence-corrected chi connectivity index (χ4v) is 2.21. The largest absolute Gasteiger partial charge is 0.395 e. The number of aryl methyl sites for hydroxylation is 1. The van der Waals surface area contributed by atoms with Gasteiger partial charge in [-0.3, -0.25) is 4.79 Å². The average Bonchev–Trinajstić information content (AvgIpc) is 2.23. The van der Waals surface area contributed by atoms with Crippen LogP contribution in [0.2, 0.25) is 0 Å². The number of hydrogen-bond acceptors (Lipinski definition) is 2. The smallest absolute Gasteiger partial charge is 0.258 e. The van der Waals surface area contributed by atoms with E-state index >= 15 is 0 Å². The highest BCUT2D eigenvalue weighted by molar-refractivity contribution is 9.10. The molecule has 0 radical (unpaired) electrons. The van der Waals surface area contributed by atoms with Gasteiger partial charge in [0.15, 0.2) is 0 Å². The summed E-state index contributed by atoms with van der Waals surface area (Å²) in [5.74, 6) is 0. The van der Waals surface area contributed by atoms with Crippen LogP contribution in [0.4, 0.5) is 0 Å². The minimum atomic E-state index is -0.0449. The second-order valence-corrected chi connectivity index (χ2v) is 4.61. The van der Waals surface area contributed by atoms with Gasteiger partial charge in [-0.2, -0.15) is 0 Å². The van der Waals surface area contributed by atoms with Crippen molar-refractivity contribution in [3.8, 4) is 0 Å². The fourth-order valence-electron chi connectivity index (χ4n) is 1.83. The standard InChI is InChI=1S/C12H12BrNO2/c1-8-6-9-7-10(13)2-3-11(9)12(16)14(8)4-5-15/h2-3,6-7,15H,4-5H2,1H3. The van der Waals surface area contributed by atoms with Crippen LogP contribution in [0.3, 0.4) is 0 Å². The summed E-state index contributed by atoms with van der Waals surface area (Å²) < 4.78 is 2.55. The van der Waals surface area contributed by atoms with Crippen molar-refractivity contribution in [2.45, 2.75) is 13.5 Å². The Balaban J connectivity index is 2.78. The van der Waals surface area contributed by atoms with Crippen LogP contribution in [0.1, 0.15) is 5.69 Å². The summed E-state index contributed by atoms with van der Waals surface area (Å²) in [5, 5.41) is 10.5. The molecule has 1 heterocycles. The maximum absolute atomic E-state index is 12.1. The van der Waals surface area contributed by atoms with Crippen LogP contribution in [0, 0.1) is 6.92 Å². The summed E-state index contributed by atoms with van der Waals surface area (Å²) in [4.78, 5) is 12.1. The molecular weight excluding hydrogens is 270 g/mol. The van der Waals surface area contributed by atoms with Crippen molar-refractivity contribution in [3.05, 3.63) is 44.8 Å². The van der Waals surface area contributed by atoms with Gasteiger partial charge in [0, 0.05) is 22.1 Å². The maximum atomic E-state index is 12.1. The first kappa shape index (κ1) is 11.4. The number of pyridine rings is 1. The van der Waals surface area contributed by atoms with Crippen molar-refractivity contribution in [1.29, 1.82) is 0 Å². The van der Waals surface area contributed by atoms with E-state index in [0.717, 1.165) is 15.6 Å². The molecule has 0 fully saturated rings. The van der Waals surface area contributed by atoms with Crippen LogP contribution in [0.5, 0.6) is 0 Å². The van der Waals surface area contributed by atoms with Gasteiger partial charge in [-0.25, -0.2) is 0 Å². The molecule has 0 aliphatic carbocycles. The highest BCUT2D eigenvalue weighted by Crippen LogP contribution is 2.18. The molecule has 16 heavy (non-hydrogen) atoms. The van der Waals surface area contributed by atoms with E-state index in [2.05, 4.69) is 15.9 Å². The molecule has 84 valence electrons. The zero-order valence-corrected chi connectivity index (χ0v) is 10.5. The zero-order chi connectivity index (χ0) is 11.7. The lowest BCUT2D eigenvalue weighted by Crippen LogP contribution is -2.23. The first-order valence-electron chi connectivity index (χ1n) is 5.04. The summed E-state index contributed by atoms with van der Waals surface area (Å²) in [6.45, 7) is 2.19. The fraction of sp³-hybridized carbons (Fsp3) is 0.250. The van der Waals surface area contributed by atoms with E-state index in [9.17, 15) is 4.79 Å². The van der Waals surface area contributed by atoms with Gasteiger partial charge in [0.05, 0.1) is 6.61 Å². The van der Waals surface area contributed by atoms with Crippen LogP contribution in [-0.2, 0) is 6.54 Å². The molecule has 0 bridgehead atoms. The number of hydrogen-bond donors (Lipinski definition) is 1. The second-order valence-electron chi connectivity index (χ2n) is 3.70. The van der Waals surface area contributed by atoms with Crippen LogP contribution >= 0.6 is 15.9 Å². The third-order valence-electron chi connectivity index (χ3n) is 2.60. The predicted molar refractivity (Wildman–Crippen MR) is 67.7 cm³/mol. The van der Waals surface area contributed by atoms with Crippen LogP contribution in [0.15, 0.2) is 33.5 Å². The van der Waals surface area contributed by atoms with Gasteiger partial charge in [-0.15, -0.1) is 0 Å². The lowest BCUT2D eigenvalue weighted by molar-refractivity contribution is 0.273. The van der Waals surface area contributed by atoms with Gasteiger partial charge in [0.1, 0.15) is 0 Å². The van der Waals surface area contributed by atoms with Crippen LogP contribution in [-0.4, -0.2) is 16.3 Å². The van der Waals surface area contributed by atoms with Crippen molar-refractivity contribution in [2.24, 2.45) is 0 Å². The molecule has 0 spiro atoms. The molecule has 0 saturated carbocycles. The Morgan fingerprint density at radius 1 is 1.38 bits per heavy atom. The number of rotatable bonds is 2. The highest BCUT2D eigenvalue weighted by Gasteiger charge is 2.06. The number of aliphatic hydroxyl groups excluding tert-OH is 1. The van der Waals surface area contributed by atoms with Crippen LogP contribution < -0.4 is 5.56 Å². The van der Waals surface area contributed by atoms with E-state index in [1.807, 2.05) is 25.1 Å². The van der Waals surface area contributed by atoms with E-state index in [0.29, 0.717) is 11.9 Å². The van der Waals surface area contributed by atoms with Gasteiger partial charge in [-0.05, 0) is 36.6 Å². The molecule has 1 aromatic carbocycles. The van der Waals surface area contributed by atoms with Crippen molar-refractivity contribution < 1.29 is 5.11 Å². The maximum Gasteiger partial charge on any atom is 0.258 e. The third-order valence-corrected chi connectivity index (χ3v) is 3.10. The average molecular weight is 282 g/mol. The predicted octanol–water partition coefficient (Wildman–Crippen LogP) is 2.06. The molecule has 1 N–H and O–H groups in total. The van der Waals surface area contributed by atoms with Crippen molar-refractivity contribution in [1.82, 2.24) is 4.57 Å². The van der Waals surface area contributed by atoms with Crippen molar-refractivity contribution in [2.75, 3.05) is 6.61 Å². The summed E-state index contributed by atoms with van der Waals surface area (Å²) in [6, 6.07) is 7.53. The molecule has 0 aliphatic rings. The molecule has 0 unspecified atom stereocenters. The number of aromatic nitrogens is 1. The molecule has 0 aliphatic heterocycles. The zero-order valence-electron chi connectivity index (χ0n) is 8.90. The minimum Gasteiger partial charge on any atom is -0.395 e. The quantitative estimate of drug-likeness (QED) is 0.916. The lowest BCUT2D eigenvalue weighted by atomic mass is 10.1. The molecule has 0 saturated heterocycles. The number of halogens is 1. The Morgan fingerprint density at radius 3 is 2.81 bits per heavy atom. The summed E-state index contributed by atoms with van der Waals surface area (Å²) in [6.07, 6.45) is 0. The molecule has 1 aromatic heterocycles. The molecule has 3 nitrogen and oxygen atoms in total. The number of fused-ring (bicyclic) bond motifs is 1. The molecular formula is C12H12BrNO2. The summed E-state index contributed by atoms with van der Waals surface area (Å²) in [5.41, 5.74) is 0.821. The molecule has 2 rings (SSSR count). The van der Waals surface area contributed by atoms with E-state index < -0.39 is 0 Å². The molecule has 0 amide bonds. The number of nitrogens with zero attached hydrogens (tertiary/aromatic N) is 1. The molecule has 0 atom stereocenters. The SMILES string of the molecule is Cc1cc2cc(Br)ccc2c(=O)n1CCO. The summed E-state index contributed by atoms with van der Waals surface area (Å²) in [7, 11) is 0. The lowest BCUT2D eigenvalue weighted by Gasteiger charge is -2.10. The van der Waals surface area contributed by atoms with Gasteiger partial charge in [0.25, 0.3) is 5.56 Å². The Kier molecular flexibility index (Phi) is 3.12. The third kappa shape index (κ3) is 1.90. The normalized spacial score (nSPS) is 10.9. The van der Waals surface area contributed by atoms with Gasteiger partial charge >= 0.3 is 0 Å². The van der Waals surface area contributed by atoms with Gasteiger partial charge in [-0.1, -0.05) is 15.9 Å². The Hall–Kier alpha value is -1.13. The molecule has 2 aromatic rings. The van der Waals surface area contributed by atoms with Crippen molar-refractivity contribution >= 4 is 26.7 Å². The minimum absolute atomic E-state index is 0.0250. The topological polar surface area (TPSA) is 42.2 Å². The Labute approximate surface area is 101 Å². The number of aliphatic hydroxyl groups is 1.